The normalized spacial score (nSPS) is 21.1. The summed E-state index contributed by atoms with van der Waals surface area (Å²) >= 11 is 0. The Bertz CT molecular complexity index is 278. The largest absolute Gasteiger partial charge is 0.384 e. The molecular formula is C10H13N. The monoisotopic (exact) mass is 147 g/mol. The van der Waals surface area contributed by atoms with Crippen molar-refractivity contribution in [1.29, 1.82) is 0 Å². The quantitative estimate of drug-likeness (QED) is 0.594. The smallest absolute Gasteiger partial charge is 0.0379 e. The van der Waals surface area contributed by atoms with Crippen LogP contribution in [0.5, 0.6) is 0 Å². The van der Waals surface area contributed by atoms with Crippen molar-refractivity contribution in [2.75, 3.05) is 11.9 Å². The van der Waals surface area contributed by atoms with E-state index in [9.17, 15) is 0 Å². The second kappa shape index (κ2) is 2.26. The highest BCUT2D eigenvalue weighted by molar-refractivity contribution is 5.58. The van der Waals surface area contributed by atoms with Gasteiger partial charge in [0.15, 0.2) is 0 Å². The van der Waals surface area contributed by atoms with E-state index in [1.165, 1.54) is 16.8 Å². The molecular weight excluding hydrogens is 134 g/mol. The third-order valence-corrected chi connectivity index (χ3v) is 2.34. The van der Waals surface area contributed by atoms with Crippen LogP contribution in [-0.4, -0.2) is 6.54 Å². The molecule has 0 saturated heterocycles. The SMILES string of the molecule is Cc1ccc2c(c1)NC[C@H]2C. The summed E-state index contributed by atoms with van der Waals surface area (Å²) in [6.45, 7) is 5.48. The standard InChI is InChI=1S/C10H13N/c1-7-3-4-9-8(2)6-11-10(9)5-7/h3-5,8,11H,6H2,1-2H3/t8-/m1/s1. The summed E-state index contributed by atoms with van der Waals surface area (Å²) in [5.74, 6) is 0.686. The number of hydrogen-bond donors (Lipinski definition) is 1. The molecule has 0 aromatic heterocycles. The van der Waals surface area contributed by atoms with Crippen LogP contribution < -0.4 is 5.32 Å². The zero-order valence-corrected chi connectivity index (χ0v) is 7.02. The van der Waals surface area contributed by atoms with Crippen molar-refractivity contribution in [3.05, 3.63) is 29.3 Å². The Hall–Kier alpha value is -0.980. The van der Waals surface area contributed by atoms with E-state index in [0.717, 1.165) is 6.54 Å². The van der Waals surface area contributed by atoms with Gasteiger partial charge in [0, 0.05) is 18.2 Å². The van der Waals surface area contributed by atoms with Crippen molar-refractivity contribution < 1.29 is 0 Å². The summed E-state index contributed by atoms with van der Waals surface area (Å²) < 4.78 is 0. The molecule has 11 heavy (non-hydrogen) atoms. The number of benzene rings is 1. The summed E-state index contributed by atoms with van der Waals surface area (Å²) in [6.07, 6.45) is 0. The third-order valence-electron chi connectivity index (χ3n) is 2.34. The maximum Gasteiger partial charge on any atom is 0.0379 e. The number of aryl methyl sites for hydroxylation is 1. The van der Waals surface area contributed by atoms with Gasteiger partial charge in [-0.15, -0.1) is 0 Å². The molecule has 1 aromatic rings. The first-order chi connectivity index (χ1) is 5.27. The lowest BCUT2D eigenvalue weighted by molar-refractivity contribution is 0.854. The van der Waals surface area contributed by atoms with E-state index < -0.39 is 0 Å². The molecule has 0 amide bonds. The van der Waals surface area contributed by atoms with Gasteiger partial charge in [-0.1, -0.05) is 19.1 Å². The van der Waals surface area contributed by atoms with Crippen molar-refractivity contribution >= 4 is 5.69 Å². The van der Waals surface area contributed by atoms with Gasteiger partial charge in [-0.3, -0.25) is 0 Å². The van der Waals surface area contributed by atoms with E-state index in [2.05, 4.69) is 37.4 Å². The van der Waals surface area contributed by atoms with Crippen LogP contribution in [0.3, 0.4) is 0 Å². The molecule has 0 saturated carbocycles. The van der Waals surface area contributed by atoms with Crippen LogP contribution >= 0.6 is 0 Å². The molecule has 1 atom stereocenters. The highest BCUT2D eigenvalue weighted by Gasteiger charge is 2.16. The van der Waals surface area contributed by atoms with Gasteiger partial charge in [0.25, 0.3) is 0 Å². The number of hydrogen-bond acceptors (Lipinski definition) is 1. The van der Waals surface area contributed by atoms with Crippen molar-refractivity contribution in [1.82, 2.24) is 0 Å². The van der Waals surface area contributed by atoms with Gasteiger partial charge in [0.2, 0.25) is 0 Å². The number of nitrogens with one attached hydrogen (secondary N) is 1. The average Bonchev–Trinajstić information content (AvgIpc) is 2.32. The Morgan fingerprint density at radius 1 is 1.45 bits per heavy atom. The first-order valence-corrected chi connectivity index (χ1v) is 4.12. The molecule has 1 heteroatoms. The summed E-state index contributed by atoms with van der Waals surface area (Å²) in [4.78, 5) is 0. The molecule has 0 unspecified atom stereocenters. The van der Waals surface area contributed by atoms with E-state index in [0.29, 0.717) is 5.92 Å². The van der Waals surface area contributed by atoms with Crippen LogP contribution in [0.1, 0.15) is 24.0 Å². The molecule has 1 N–H and O–H groups in total. The topological polar surface area (TPSA) is 12.0 Å². The van der Waals surface area contributed by atoms with Gasteiger partial charge in [-0.2, -0.15) is 0 Å². The summed E-state index contributed by atoms with van der Waals surface area (Å²) in [5.41, 5.74) is 4.14. The van der Waals surface area contributed by atoms with E-state index in [1.807, 2.05) is 0 Å². The first kappa shape index (κ1) is 6.71. The fraction of sp³-hybridized carbons (Fsp3) is 0.400. The number of anilines is 1. The van der Waals surface area contributed by atoms with Gasteiger partial charge in [-0.05, 0) is 24.1 Å². The number of rotatable bonds is 0. The molecule has 1 aromatic carbocycles. The third kappa shape index (κ3) is 1.01. The Balaban J connectivity index is 2.50. The molecule has 1 aliphatic rings. The highest BCUT2D eigenvalue weighted by Crippen LogP contribution is 2.31. The number of fused-ring (bicyclic) bond motifs is 1. The maximum absolute atomic E-state index is 3.39. The molecule has 1 heterocycles. The van der Waals surface area contributed by atoms with E-state index in [1.54, 1.807) is 0 Å². The molecule has 1 nitrogen and oxygen atoms in total. The molecule has 2 rings (SSSR count). The summed E-state index contributed by atoms with van der Waals surface area (Å²) in [6, 6.07) is 6.64. The predicted molar refractivity (Wildman–Crippen MR) is 48.1 cm³/mol. The van der Waals surface area contributed by atoms with Gasteiger partial charge in [0.05, 0.1) is 0 Å². The van der Waals surface area contributed by atoms with Crippen LogP contribution in [0.15, 0.2) is 18.2 Å². The van der Waals surface area contributed by atoms with Crippen molar-refractivity contribution in [3.63, 3.8) is 0 Å². The van der Waals surface area contributed by atoms with Crippen LogP contribution in [0.25, 0.3) is 0 Å². The van der Waals surface area contributed by atoms with Gasteiger partial charge in [0.1, 0.15) is 0 Å². The van der Waals surface area contributed by atoms with Crippen LogP contribution in [0.2, 0.25) is 0 Å². The zero-order chi connectivity index (χ0) is 7.84. The lowest BCUT2D eigenvalue weighted by Crippen LogP contribution is -1.95. The van der Waals surface area contributed by atoms with E-state index in [4.69, 9.17) is 0 Å². The minimum absolute atomic E-state index is 0.686. The fourth-order valence-corrected chi connectivity index (χ4v) is 1.63. The van der Waals surface area contributed by atoms with Gasteiger partial charge in [-0.25, -0.2) is 0 Å². The Morgan fingerprint density at radius 2 is 2.27 bits per heavy atom. The van der Waals surface area contributed by atoms with Crippen molar-refractivity contribution in [2.45, 2.75) is 19.8 Å². The zero-order valence-electron chi connectivity index (χ0n) is 7.02. The van der Waals surface area contributed by atoms with Crippen LogP contribution in [-0.2, 0) is 0 Å². The molecule has 0 bridgehead atoms. The molecule has 0 radical (unpaired) electrons. The Morgan fingerprint density at radius 3 is 3.09 bits per heavy atom. The van der Waals surface area contributed by atoms with Gasteiger partial charge < -0.3 is 5.32 Å². The minimum atomic E-state index is 0.686. The maximum atomic E-state index is 3.39. The average molecular weight is 147 g/mol. The Labute approximate surface area is 67.4 Å². The summed E-state index contributed by atoms with van der Waals surface area (Å²) in [7, 11) is 0. The van der Waals surface area contributed by atoms with E-state index >= 15 is 0 Å². The Kier molecular flexibility index (Phi) is 1.38. The van der Waals surface area contributed by atoms with Crippen LogP contribution in [0, 0.1) is 6.92 Å². The lowest BCUT2D eigenvalue weighted by atomic mass is 10.0. The minimum Gasteiger partial charge on any atom is -0.384 e. The fourth-order valence-electron chi connectivity index (χ4n) is 1.63. The molecule has 0 fully saturated rings. The molecule has 0 aliphatic carbocycles. The lowest BCUT2D eigenvalue weighted by Gasteiger charge is -2.01. The van der Waals surface area contributed by atoms with E-state index in [-0.39, 0.29) is 0 Å². The molecule has 58 valence electrons. The summed E-state index contributed by atoms with van der Waals surface area (Å²) in [5, 5.41) is 3.39. The van der Waals surface area contributed by atoms with Crippen molar-refractivity contribution in [3.8, 4) is 0 Å². The molecule has 1 aliphatic heterocycles. The second-order valence-corrected chi connectivity index (χ2v) is 3.37. The van der Waals surface area contributed by atoms with Crippen LogP contribution in [0.4, 0.5) is 5.69 Å². The van der Waals surface area contributed by atoms with Crippen molar-refractivity contribution in [2.24, 2.45) is 0 Å². The second-order valence-electron chi connectivity index (χ2n) is 3.37. The van der Waals surface area contributed by atoms with Gasteiger partial charge >= 0.3 is 0 Å². The first-order valence-electron chi connectivity index (χ1n) is 4.12. The molecule has 0 spiro atoms. The predicted octanol–water partition coefficient (Wildman–Crippen LogP) is 2.52. The highest BCUT2D eigenvalue weighted by atomic mass is 14.9.